The molecule has 5 aliphatic carbocycles. The fourth-order valence-corrected chi connectivity index (χ4v) is 13.0. The molecule has 5 saturated carbocycles. The average molecular weight is 626 g/mol. The van der Waals surface area contributed by atoms with Crippen molar-refractivity contribution in [3.8, 4) is 0 Å². The van der Waals surface area contributed by atoms with E-state index in [0.717, 1.165) is 32.2 Å². The second kappa shape index (κ2) is 11.4. The molecule has 0 radical (unpaired) electrons. The minimum atomic E-state index is -1.13. The van der Waals surface area contributed by atoms with Crippen molar-refractivity contribution < 1.29 is 24.2 Å². The van der Waals surface area contributed by atoms with Crippen LogP contribution in [0.2, 0.25) is 0 Å². The Balaban J connectivity index is 1.40. The zero-order valence-electron chi connectivity index (χ0n) is 29.9. The zero-order chi connectivity index (χ0) is 33.4. The molecule has 45 heavy (non-hydrogen) atoms. The smallest absolute Gasteiger partial charge is 0.309 e. The molecule has 2 N–H and O–H groups in total. The highest BCUT2D eigenvalue weighted by Gasteiger charge is 2.71. The van der Waals surface area contributed by atoms with Gasteiger partial charge in [-0.1, -0.05) is 46.8 Å². The molecule has 0 spiro atoms. The first kappa shape index (κ1) is 34.5. The summed E-state index contributed by atoms with van der Waals surface area (Å²) in [4.78, 5) is 36.5. The van der Waals surface area contributed by atoms with E-state index in [1.165, 1.54) is 50.5 Å². The van der Waals surface area contributed by atoms with Crippen molar-refractivity contribution in [3.63, 3.8) is 0 Å². The number of aliphatic carboxylic acids is 1. The number of carboxylic acids is 1. The molecule has 0 saturated heterocycles. The molecular formula is C39H63NO5. The second-order valence-corrected chi connectivity index (χ2v) is 18.5. The van der Waals surface area contributed by atoms with Gasteiger partial charge in [-0.3, -0.25) is 14.4 Å². The van der Waals surface area contributed by atoms with E-state index in [1.54, 1.807) is 20.8 Å². The number of fused-ring (bicyclic) bond motifs is 7. The van der Waals surface area contributed by atoms with Crippen LogP contribution in [0.4, 0.5) is 0 Å². The third kappa shape index (κ3) is 5.31. The first-order chi connectivity index (χ1) is 20.7. The molecule has 5 aliphatic rings. The lowest BCUT2D eigenvalue weighted by atomic mass is 9.32. The van der Waals surface area contributed by atoms with Crippen LogP contribution in [0.25, 0.3) is 0 Å². The van der Waals surface area contributed by atoms with E-state index >= 15 is 0 Å². The van der Waals surface area contributed by atoms with Crippen molar-refractivity contribution in [1.82, 2.24) is 5.32 Å². The third-order valence-electron chi connectivity index (χ3n) is 15.6. The number of allylic oxidation sites excluding steroid dienone is 1. The van der Waals surface area contributed by atoms with Gasteiger partial charge in [-0.25, -0.2) is 0 Å². The molecule has 0 aliphatic heterocycles. The second-order valence-electron chi connectivity index (χ2n) is 18.5. The Morgan fingerprint density at radius 2 is 1.56 bits per heavy atom. The van der Waals surface area contributed by atoms with E-state index in [9.17, 15) is 19.5 Å². The molecule has 0 bridgehead atoms. The van der Waals surface area contributed by atoms with Crippen LogP contribution < -0.4 is 5.32 Å². The Bertz CT molecular complexity index is 1220. The van der Waals surface area contributed by atoms with Crippen molar-refractivity contribution in [2.24, 2.45) is 62.1 Å². The number of amides is 1. The van der Waals surface area contributed by atoms with Crippen LogP contribution >= 0.6 is 0 Å². The van der Waals surface area contributed by atoms with Gasteiger partial charge in [0.1, 0.15) is 6.10 Å². The molecule has 6 heteroatoms. The predicted octanol–water partition coefficient (Wildman–Crippen LogP) is 8.58. The van der Waals surface area contributed by atoms with Crippen LogP contribution in [0, 0.1) is 62.1 Å². The zero-order valence-corrected chi connectivity index (χ0v) is 29.9. The van der Waals surface area contributed by atoms with Gasteiger partial charge in [-0.2, -0.15) is 0 Å². The van der Waals surface area contributed by atoms with Gasteiger partial charge < -0.3 is 15.2 Å². The predicted molar refractivity (Wildman–Crippen MR) is 178 cm³/mol. The number of ether oxygens (including phenoxy) is 1. The largest absolute Gasteiger partial charge is 0.481 e. The van der Waals surface area contributed by atoms with Gasteiger partial charge >= 0.3 is 11.9 Å². The van der Waals surface area contributed by atoms with Crippen LogP contribution in [-0.2, 0) is 19.1 Å². The number of hydrogen-bond acceptors (Lipinski definition) is 4. The summed E-state index contributed by atoms with van der Waals surface area (Å²) in [5.41, 5.74) is 1.05. The average Bonchev–Trinajstić information content (AvgIpc) is 3.30. The molecule has 5 rings (SSSR count). The number of carbonyl (C=O) groups is 3. The first-order valence-corrected chi connectivity index (χ1v) is 18.1. The van der Waals surface area contributed by atoms with Crippen molar-refractivity contribution in [2.75, 3.05) is 6.54 Å². The lowest BCUT2D eigenvalue weighted by Gasteiger charge is -2.73. The Kier molecular flexibility index (Phi) is 8.73. The van der Waals surface area contributed by atoms with Crippen molar-refractivity contribution >= 4 is 17.8 Å². The molecule has 0 aromatic rings. The van der Waals surface area contributed by atoms with Gasteiger partial charge in [0.05, 0.1) is 11.8 Å². The topological polar surface area (TPSA) is 92.7 Å². The molecule has 0 aromatic heterocycles. The highest BCUT2D eigenvalue weighted by atomic mass is 16.5. The Morgan fingerprint density at radius 3 is 2.18 bits per heavy atom. The summed E-state index contributed by atoms with van der Waals surface area (Å²) in [6.07, 6.45) is 12.6. The lowest BCUT2D eigenvalue weighted by Crippen LogP contribution is -2.66. The summed E-state index contributed by atoms with van der Waals surface area (Å²) < 4.78 is 6.16. The SMILES string of the molecule is C=C(C)[C@@H]1CC[C@]2(CCNC(C)=O)CC[C@]3(C)[C@H](CC[C@@H]4[C@@]5(C)CC[C@H](OC(=O)CC(C)(C)C(=O)O)C(C)(C)[C@@H]5CC[C@]43C)[C@@H]12. The van der Waals surface area contributed by atoms with Crippen molar-refractivity contribution in [1.29, 1.82) is 0 Å². The van der Waals surface area contributed by atoms with E-state index in [4.69, 9.17) is 4.74 Å². The molecule has 254 valence electrons. The fourth-order valence-electron chi connectivity index (χ4n) is 13.0. The number of hydrogen-bond donors (Lipinski definition) is 2. The minimum absolute atomic E-state index is 0.0765. The highest BCUT2D eigenvalue weighted by Crippen LogP contribution is 2.78. The van der Waals surface area contributed by atoms with Gasteiger partial charge in [0.25, 0.3) is 0 Å². The standard InChI is InChI=1S/C39H63NO5/c1-24(2)26-13-18-39(21-22-40-25(3)41)20-19-37(9)27(32(26)39)11-12-29-36(8)16-15-30(45-31(42)23-34(4,5)33(43)44)35(6,7)28(36)14-17-38(29,37)10/h26-30,32H,1,11-23H2,2-10H3,(H,40,41)(H,43,44)/t26-,27+,28-,29+,30-,32+,36-,37+,38+,39+/m0/s1. The summed E-state index contributed by atoms with van der Waals surface area (Å²) in [6.45, 7) is 24.9. The molecule has 0 unspecified atom stereocenters. The summed E-state index contributed by atoms with van der Waals surface area (Å²) in [5, 5.41) is 12.7. The van der Waals surface area contributed by atoms with Gasteiger partial charge in [-0.15, -0.1) is 0 Å². The Morgan fingerprint density at radius 1 is 0.867 bits per heavy atom. The van der Waals surface area contributed by atoms with Crippen molar-refractivity contribution in [3.05, 3.63) is 12.2 Å². The van der Waals surface area contributed by atoms with Gasteiger partial charge in [0.2, 0.25) is 5.91 Å². The summed E-state index contributed by atoms with van der Waals surface area (Å²) in [5.74, 6) is 1.71. The normalized spacial score (nSPS) is 43.6. The molecular weight excluding hydrogens is 562 g/mol. The van der Waals surface area contributed by atoms with Crippen LogP contribution in [-0.4, -0.2) is 35.6 Å². The number of carbonyl (C=O) groups excluding carboxylic acids is 2. The summed E-state index contributed by atoms with van der Waals surface area (Å²) in [7, 11) is 0. The molecule has 5 fully saturated rings. The first-order valence-electron chi connectivity index (χ1n) is 18.1. The Hall–Kier alpha value is -1.85. The maximum atomic E-state index is 13.0. The van der Waals surface area contributed by atoms with E-state index in [2.05, 4.69) is 53.4 Å². The number of carboxylic acid groups (broad SMARTS) is 1. The number of rotatable bonds is 8. The van der Waals surface area contributed by atoms with E-state index in [0.29, 0.717) is 35.0 Å². The maximum absolute atomic E-state index is 13.0. The number of esters is 1. The summed E-state index contributed by atoms with van der Waals surface area (Å²) >= 11 is 0. The van der Waals surface area contributed by atoms with E-state index < -0.39 is 11.4 Å². The van der Waals surface area contributed by atoms with E-state index in [1.807, 2.05) is 0 Å². The molecule has 0 aromatic carbocycles. The van der Waals surface area contributed by atoms with E-state index in [-0.39, 0.29) is 46.1 Å². The molecule has 0 heterocycles. The van der Waals surface area contributed by atoms with Crippen LogP contribution in [0.3, 0.4) is 0 Å². The Labute approximate surface area is 273 Å². The molecule has 10 atom stereocenters. The highest BCUT2D eigenvalue weighted by molar-refractivity contribution is 5.81. The fraction of sp³-hybridized carbons (Fsp3) is 0.872. The van der Waals surface area contributed by atoms with Crippen LogP contribution in [0.15, 0.2) is 12.2 Å². The van der Waals surface area contributed by atoms with Crippen LogP contribution in [0.5, 0.6) is 0 Å². The van der Waals surface area contributed by atoms with Crippen LogP contribution in [0.1, 0.15) is 139 Å². The number of nitrogens with one attached hydrogen (secondary N) is 1. The molecule has 6 nitrogen and oxygen atoms in total. The quantitative estimate of drug-likeness (QED) is 0.208. The third-order valence-corrected chi connectivity index (χ3v) is 15.6. The van der Waals surface area contributed by atoms with Gasteiger partial charge in [0, 0.05) is 18.9 Å². The summed E-state index contributed by atoms with van der Waals surface area (Å²) in [6, 6.07) is 0. The van der Waals surface area contributed by atoms with Crippen molar-refractivity contribution in [2.45, 2.75) is 145 Å². The van der Waals surface area contributed by atoms with Gasteiger partial charge in [0.15, 0.2) is 0 Å². The van der Waals surface area contributed by atoms with Gasteiger partial charge in [-0.05, 0) is 143 Å². The maximum Gasteiger partial charge on any atom is 0.309 e. The monoisotopic (exact) mass is 625 g/mol. The molecule has 1 amide bonds. The lowest BCUT2D eigenvalue weighted by molar-refractivity contribution is -0.250. The minimum Gasteiger partial charge on any atom is -0.481 e.